The topological polar surface area (TPSA) is 138 Å². The maximum atomic E-state index is 6.08. The molecule has 0 amide bonds. The molecular weight excluding hydrogens is 450 g/mol. The van der Waals surface area contributed by atoms with Gasteiger partial charge in [0.1, 0.15) is 11.7 Å². The van der Waals surface area contributed by atoms with Crippen LogP contribution < -0.4 is 33.0 Å². The highest BCUT2D eigenvalue weighted by Crippen LogP contribution is 2.28. The average Bonchev–Trinajstić information content (AvgIpc) is 3.28. The first-order valence-corrected chi connectivity index (χ1v) is 13.1. The van der Waals surface area contributed by atoms with Crippen LogP contribution in [-0.2, 0) is 0 Å². The van der Waals surface area contributed by atoms with Crippen molar-refractivity contribution < 1.29 is 0 Å². The van der Waals surface area contributed by atoms with Gasteiger partial charge in [-0.15, -0.1) is 0 Å². The fourth-order valence-electron chi connectivity index (χ4n) is 5.09. The Balaban J connectivity index is 1.31. The van der Waals surface area contributed by atoms with Crippen LogP contribution in [0.1, 0.15) is 68.3 Å². The molecule has 8 N–H and O–H groups in total. The molecule has 1 aromatic heterocycles. The maximum absolute atomic E-state index is 6.08. The van der Waals surface area contributed by atoms with Crippen LogP contribution in [0.3, 0.4) is 0 Å². The van der Waals surface area contributed by atoms with Crippen LogP contribution in [0.2, 0.25) is 0 Å². The number of rotatable bonds is 8. The summed E-state index contributed by atoms with van der Waals surface area (Å²) >= 11 is 0. The van der Waals surface area contributed by atoms with Gasteiger partial charge in [-0.25, -0.2) is 20.4 Å². The van der Waals surface area contributed by atoms with Crippen molar-refractivity contribution in [2.45, 2.75) is 69.1 Å². The quantitative estimate of drug-likeness (QED) is 0.334. The number of hydrazine groups is 1. The number of aliphatic imine (C=N–C) groups is 1. The van der Waals surface area contributed by atoms with E-state index in [1.165, 1.54) is 5.56 Å². The fraction of sp³-hybridized carbons (Fsp3) is 0.444. The number of allylic oxidation sites excluding steroid dienone is 2. The molecule has 1 saturated heterocycles. The molecule has 36 heavy (non-hydrogen) atoms. The molecule has 2 unspecified atom stereocenters. The van der Waals surface area contributed by atoms with E-state index in [4.69, 9.17) is 21.4 Å². The summed E-state index contributed by atoms with van der Waals surface area (Å²) in [4.78, 5) is 14.3. The minimum absolute atomic E-state index is 0.0481. The van der Waals surface area contributed by atoms with Gasteiger partial charge in [0.05, 0.1) is 17.8 Å². The van der Waals surface area contributed by atoms with E-state index in [-0.39, 0.29) is 12.1 Å². The van der Waals surface area contributed by atoms with Crippen molar-refractivity contribution in [3.8, 4) is 0 Å². The molecule has 9 heteroatoms. The van der Waals surface area contributed by atoms with Gasteiger partial charge in [-0.2, -0.15) is 0 Å². The molecule has 5 rings (SSSR count). The van der Waals surface area contributed by atoms with E-state index in [1.54, 1.807) is 6.20 Å². The lowest BCUT2D eigenvalue weighted by Gasteiger charge is -2.28. The summed E-state index contributed by atoms with van der Waals surface area (Å²) in [6, 6.07) is 12.9. The van der Waals surface area contributed by atoms with Gasteiger partial charge in [0.2, 0.25) is 5.95 Å². The van der Waals surface area contributed by atoms with Gasteiger partial charge in [-0.3, -0.25) is 0 Å². The number of amidine groups is 1. The van der Waals surface area contributed by atoms with Crippen molar-refractivity contribution in [1.82, 2.24) is 26.1 Å². The number of benzene rings is 1. The van der Waals surface area contributed by atoms with E-state index in [1.807, 2.05) is 24.3 Å². The molecule has 0 bridgehead atoms. The lowest BCUT2D eigenvalue weighted by molar-refractivity contribution is 0.359. The van der Waals surface area contributed by atoms with Crippen molar-refractivity contribution in [2.24, 2.45) is 16.5 Å². The first kappa shape index (κ1) is 24.4. The standard InChI is InChI=1S/C27H37N9/c28-16-14-22(18-6-2-1-3-7-18)32-27-30-17-15-23(33-27)25-21-8-4-5-9-24(34-26(21)36-35-25)31-20-12-10-19(29)11-13-20/h1-3,6-9,15,17,19-20,22,25,31,35H,4-5,10-14,16,28-29H2,(H,34,36)(H,30,32,33). The highest BCUT2D eigenvalue weighted by atomic mass is 15.4. The second-order valence-electron chi connectivity index (χ2n) is 9.74. The SMILES string of the molecule is NCCC(Nc1nccc(C2NNC3=NC(NC4CCC(N)CC4)=CCCC=C32)n1)c1ccccc1. The maximum Gasteiger partial charge on any atom is 0.223 e. The summed E-state index contributed by atoms with van der Waals surface area (Å²) in [7, 11) is 0. The Morgan fingerprint density at radius 2 is 1.83 bits per heavy atom. The number of aromatic nitrogens is 2. The van der Waals surface area contributed by atoms with Gasteiger partial charge in [0.25, 0.3) is 0 Å². The Kier molecular flexibility index (Phi) is 7.90. The number of nitrogens with one attached hydrogen (secondary N) is 4. The molecule has 9 nitrogen and oxygen atoms in total. The normalized spacial score (nSPS) is 24.7. The second-order valence-corrected chi connectivity index (χ2v) is 9.74. The van der Waals surface area contributed by atoms with Crippen molar-refractivity contribution in [2.75, 3.05) is 11.9 Å². The number of anilines is 1. The zero-order chi connectivity index (χ0) is 24.7. The first-order chi connectivity index (χ1) is 17.7. The summed E-state index contributed by atoms with van der Waals surface area (Å²) in [6.07, 6.45) is 13.2. The number of nitrogens with two attached hydrogens (primary N) is 2. The summed E-state index contributed by atoms with van der Waals surface area (Å²) in [5.74, 6) is 2.36. The molecule has 2 aliphatic heterocycles. The zero-order valence-electron chi connectivity index (χ0n) is 20.7. The van der Waals surface area contributed by atoms with Gasteiger partial charge < -0.3 is 27.5 Å². The molecule has 190 valence electrons. The second kappa shape index (κ2) is 11.6. The van der Waals surface area contributed by atoms with Crippen LogP contribution in [0.25, 0.3) is 0 Å². The molecule has 3 aliphatic rings. The van der Waals surface area contributed by atoms with E-state index < -0.39 is 0 Å². The number of nitrogens with zero attached hydrogens (tertiary/aromatic N) is 3. The van der Waals surface area contributed by atoms with Crippen molar-refractivity contribution in [1.29, 1.82) is 0 Å². The Morgan fingerprint density at radius 1 is 1.03 bits per heavy atom. The van der Waals surface area contributed by atoms with Crippen LogP contribution in [0, 0.1) is 0 Å². The monoisotopic (exact) mass is 487 g/mol. The van der Waals surface area contributed by atoms with Gasteiger partial charge in [0.15, 0.2) is 0 Å². The predicted octanol–water partition coefficient (Wildman–Crippen LogP) is 2.95. The Bertz CT molecular complexity index is 1100. The molecule has 0 spiro atoms. The van der Waals surface area contributed by atoms with Gasteiger partial charge in [-0.05, 0) is 69.2 Å². The largest absolute Gasteiger partial charge is 0.368 e. The van der Waals surface area contributed by atoms with Crippen LogP contribution in [0.5, 0.6) is 0 Å². The molecule has 1 aromatic carbocycles. The third-order valence-electron chi connectivity index (χ3n) is 7.08. The van der Waals surface area contributed by atoms with E-state index in [2.05, 4.69) is 50.8 Å². The van der Waals surface area contributed by atoms with Gasteiger partial charge >= 0.3 is 0 Å². The minimum Gasteiger partial charge on any atom is -0.368 e. The smallest absolute Gasteiger partial charge is 0.223 e. The third-order valence-corrected chi connectivity index (χ3v) is 7.08. The zero-order valence-corrected chi connectivity index (χ0v) is 20.7. The number of hydrogen-bond donors (Lipinski definition) is 6. The lowest BCUT2D eigenvalue weighted by Crippen LogP contribution is -2.37. The van der Waals surface area contributed by atoms with E-state index >= 15 is 0 Å². The lowest BCUT2D eigenvalue weighted by atomic mass is 9.92. The number of hydrogen-bond acceptors (Lipinski definition) is 9. The molecule has 3 heterocycles. The summed E-state index contributed by atoms with van der Waals surface area (Å²) in [5, 5.41) is 7.13. The Hall–Kier alpha value is -3.27. The fourth-order valence-corrected chi connectivity index (χ4v) is 5.09. The van der Waals surface area contributed by atoms with Crippen LogP contribution in [-0.4, -0.2) is 34.4 Å². The van der Waals surface area contributed by atoms with E-state index in [0.29, 0.717) is 24.6 Å². The third kappa shape index (κ3) is 5.92. The van der Waals surface area contributed by atoms with Crippen LogP contribution in [0.4, 0.5) is 5.95 Å². The van der Waals surface area contributed by atoms with E-state index in [9.17, 15) is 0 Å². The molecule has 2 atom stereocenters. The first-order valence-electron chi connectivity index (χ1n) is 13.1. The highest BCUT2D eigenvalue weighted by Gasteiger charge is 2.30. The van der Waals surface area contributed by atoms with Crippen molar-refractivity contribution in [3.05, 3.63) is 77.4 Å². The minimum atomic E-state index is -0.107. The summed E-state index contributed by atoms with van der Waals surface area (Å²) in [5.41, 5.74) is 21.8. The van der Waals surface area contributed by atoms with Crippen molar-refractivity contribution >= 4 is 11.8 Å². The van der Waals surface area contributed by atoms with Crippen LogP contribution in [0.15, 0.2) is 71.1 Å². The number of fused-ring (bicyclic) bond motifs is 1. The Morgan fingerprint density at radius 3 is 2.64 bits per heavy atom. The van der Waals surface area contributed by atoms with Gasteiger partial charge in [-0.1, -0.05) is 36.4 Å². The average molecular weight is 488 g/mol. The molecular formula is C27H37N9. The molecule has 2 fully saturated rings. The van der Waals surface area contributed by atoms with E-state index in [0.717, 1.165) is 67.9 Å². The van der Waals surface area contributed by atoms with Gasteiger partial charge in [0, 0.05) is 23.9 Å². The molecule has 1 aliphatic carbocycles. The molecule has 0 radical (unpaired) electrons. The predicted molar refractivity (Wildman–Crippen MR) is 144 cm³/mol. The Labute approximate surface area is 212 Å². The summed E-state index contributed by atoms with van der Waals surface area (Å²) in [6.45, 7) is 0.574. The van der Waals surface area contributed by atoms with Crippen molar-refractivity contribution in [3.63, 3.8) is 0 Å². The summed E-state index contributed by atoms with van der Waals surface area (Å²) < 4.78 is 0. The van der Waals surface area contributed by atoms with Crippen LogP contribution >= 0.6 is 0 Å². The highest BCUT2D eigenvalue weighted by molar-refractivity contribution is 6.01. The molecule has 2 aromatic rings. The molecule has 1 saturated carbocycles.